The summed E-state index contributed by atoms with van der Waals surface area (Å²) >= 11 is 0. The molecule has 1 heterocycles. The molecule has 2 heteroatoms. The molecule has 1 aliphatic heterocycles. The largest absolute Gasteiger partial charge is 0.312 e. The molecule has 0 saturated carbocycles. The number of likely N-dealkylation sites (N-methyl/N-ethyl adjacent to an activating group) is 1. The highest BCUT2D eigenvalue weighted by Gasteiger charge is 2.27. The summed E-state index contributed by atoms with van der Waals surface area (Å²) in [5, 5.41) is 3.78. The second-order valence-electron chi connectivity index (χ2n) is 8.14. The molecule has 1 fully saturated rings. The lowest BCUT2D eigenvalue weighted by atomic mass is 9.86. The lowest BCUT2D eigenvalue weighted by Gasteiger charge is -2.37. The molecule has 2 nitrogen and oxygen atoms in total. The van der Waals surface area contributed by atoms with Crippen molar-refractivity contribution in [3.8, 4) is 0 Å². The topological polar surface area (TPSA) is 15.3 Å². The minimum atomic E-state index is 0.353. The Bertz CT molecular complexity index is 473. The van der Waals surface area contributed by atoms with Crippen molar-refractivity contribution in [2.75, 3.05) is 26.7 Å². The predicted octanol–water partition coefficient (Wildman–Crippen LogP) is 3.73. The van der Waals surface area contributed by atoms with Gasteiger partial charge in [-0.3, -0.25) is 0 Å². The van der Waals surface area contributed by atoms with Crippen LogP contribution in [0.1, 0.15) is 49.8 Å². The van der Waals surface area contributed by atoms with E-state index in [0.29, 0.717) is 17.4 Å². The van der Waals surface area contributed by atoms with Crippen LogP contribution in [-0.4, -0.2) is 37.6 Å². The Hall–Kier alpha value is -0.860. The van der Waals surface area contributed by atoms with Crippen molar-refractivity contribution in [2.45, 2.75) is 53.0 Å². The molecule has 2 rings (SSSR count). The van der Waals surface area contributed by atoms with Gasteiger partial charge in [0.1, 0.15) is 0 Å². The Morgan fingerprint density at radius 3 is 2.48 bits per heavy atom. The monoisotopic (exact) mass is 288 g/mol. The van der Waals surface area contributed by atoms with E-state index in [2.05, 4.69) is 70.1 Å². The third-order valence-corrected chi connectivity index (χ3v) is 4.56. The smallest absolute Gasteiger partial charge is 0.0201 e. The summed E-state index contributed by atoms with van der Waals surface area (Å²) in [7, 11) is 2.25. The Labute approximate surface area is 130 Å². The van der Waals surface area contributed by atoms with E-state index >= 15 is 0 Å². The van der Waals surface area contributed by atoms with Crippen molar-refractivity contribution in [1.29, 1.82) is 0 Å². The molecule has 0 aliphatic carbocycles. The number of nitrogens with one attached hydrogen (secondary N) is 1. The molecule has 0 aromatic heterocycles. The highest BCUT2D eigenvalue weighted by molar-refractivity contribution is 5.32. The van der Waals surface area contributed by atoms with Crippen LogP contribution >= 0.6 is 0 Å². The Balaban J connectivity index is 2.04. The molecule has 21 heavy (non-hydrogen) atoms. The van der Waals surface area contributed by atoms with Gasteiger partial charge >= 0.3 is 0 Å². The van der Waals surface area contributed by atoms with Gasteiger partial charge in [0.05, 0.1) is 0 Å². The number of aryl methyl sites for hydroxylation is 2. The zero-order valence-corrected chi connectivity index (χ0v) is 14.7. The first-order valence-corrected chi connectivity index (χ1v) is 8.24. The molecule has 2 atom stereocenters. The fourth-order valence-corrected chi connectivity index (χ4v) is 3.18. The van der Waals surface area contributed by atoms with Crippen LogP contribution in [0.2, 0.25) is 0 Å². The van der Waals surface area contributed by atoms with E-state index in [1.165, 1.54) is 29.7 Å². The van der Waals surface area contributed by atoms with Crippen molar-refractivity contribution < 1.29 is 0 Å². The molecule has 1 N–H and O–H groups in total. The molecule has 1 aromatic carbocycles. The molecule has 1 aromatic rings. The second kappa shape index (κ2) is 6.50. The van der Waals surface area contributed by atoms with Gasteiger partial charge in [-0.1, -0.05) is 39.0 Å². The summed E-state index contributed by atoms with van der Waals surface area (Å²) < 4.78 is 0. The van der Waals surface area contributed by atoms with Crippen molar-refractivity contribution >= 4 is 0 Å². The van der Waals surface area contributed by atoms with Crippen LogP contribution in [0.15, 0.2) is 18.2 Å². The summed E-state index contributed by atoms with van der Waals surface area (Å²) in [6.45, 7) is 14.7. The average molecular weight is 288 g/mol. The van der Waals surface area contributed by atoms with Gasteiger partial charge in [-0.2, -0.15) is 0 Å². The molecule has 0 bridgehead atoms. The van der Waals surface area contributed by atoms with Gasteiger partial charge in [-0.15, -0.1) is 0 Å². The molecular weight excluding hydrogens is 256 g/mol. The zero-order chi connectivity index (χ0) is 15.6. The molecule has 1 saturated heterocycles. The summed E-state index contributed by atoms with van der Waals surface area (Å²) in [5.41, 5.74) is 4.67. The van der Waals surface area contributed by atoms with Crippen LogP contribution in [0, 0.1) is 19.3 Å². The predicted molar refractivity (Wildman–Crippen MR) is 92.0 cm³/mol. The maximum absolute atomic E-state index is 3.78. The van der Waals surface area contributed by atoms with Crippen LogP contribution in [0.5, 0.6) is 0 Å². The van der Waals surface area contributed by atoms with E-state index in [4.69, 9.17) is 0 Å². The van der Waals surface area contributed by atoms with E-state index in [1.54, 1.807) is 0 Å². The SMILES string of the molecule is Cc1ccc(C2CC(NCC(C)(C)C)CN(C)C2)cc1C. The maximum Gasteiger partial charge on any atom is 0.0201 e. The van der Waals surface area contributed by atoms with Gasteiger partial charge in [0.25, 0.3) is 0 Å². The van der Waals surface area contributed by atoms with Gasteiger partial charge in [0, 0.05) is 25.7 Å². The summed E-state index contributed by atoms with van der Waals surface area (Å²) in [4.78, 5) is 2.48. The first-order chi connectivity index (χ1) is 9.74. The summed E-state index contributed by atoms with van der Waals surface area (Å²) in [6, 6.07) is 7.60. The van der Waals surface area contributed by atoms with Gasteiger partial charge in [0.2, 0.25) is 0 Å². The minimum absolute atomic E-state index is 0.353. The van der Waals surface area contributed by atoms with Crippen LogP contribution in [0.25, 0.3) is 0 Å². The normalized spacial score (nSPS) is 24.3. The second-order valence-corrected chi connectivity index (χ2v) is 8.14. The lowest BCUT2D eigenvalue weighted by Crippen LogP contribution is -2.48. The van der Waals surface area contributed by atoms with E-state index in [0.717, 1.165) is 13.1 Å². The standard InChI is InChI=1S/C19H32N2/c1-14-7-8-16(9-15(14)2)17-10-18(12-21(6)11-17)20-13-19(3,4)5/h7-9,17-18,20H,10-13H2,1-6H3. The summed E-state index contributed by atoms with van der Waals surface area (Å²) in [5.74, 6) is 0.653. The van der Waals surface area contributed by atoms with Crippen molar-refractivity contribution in [1.82, 2.24) is 10.2 Å². The minimum Gasteiger partial charge on any atom is -0.312 e. The fraction of sp³-hybridized carbons (Fsp3) is 0.684. The third kappa shape index (κ3) is 4.82. The van der Waals surface area contributed by atoms with Crippen molar-refractivity contribution in [2.24, 2.45) is 5.41 Å². The first-order valence-electron chi connectivity index (χ1n) is 8.24. The van der Waals surface area contributed by atoms with Gasteiger partial charge in [-0.05, 0) is 55.3 Å². The number of benzene rings is 1. The highest BCUT2D eigenvalue weighted by Crippen LogP contribution is 2.28. The van der Waals surface area contributed by atoms with Gasteiger partial charge in [-0.25, -0.2) is 0 Å². The van der Waals surface area contributed by atoms with Crippen LogP contribution in [-0.2, 0) is 0 Å². The lowest BCUT2D eigenvalue weighted by molar-refractivity contribution is 0.193. The van der Waals surface area contributed by atoms with Gasteiger partial charge < -0.3 is 10.2 Å². The zero-order valence-electron chi connectivity index (χ0n) is 14.7. The molecule has 118 valence electrons. The number of hydrogen-bond acceptors (Lipinski definition) is 2. The molecule has 1 aliphatic rings. The quantitative estimate of drug-likeness (QED) is 0.912. The van der Waals surface area contributed by atoms with E-state index in [1.807, 2.05) is 0 Å². The molecule has 0 radical (unpaired) electrons. The summed E-state index contributed by atoms with van der Waals surface area (Å²) in [6.07, 6.45) is 1.25. The number of hydrogen-bond donors (Lipinski definition) is 1. The maximum atomic E-state index is 3.78. The molecule has 0 spiro atoms. The molecule has 0 amide bonds. The van der Waals surface area contributed by atoms with Crippen molar-refractivity contribution in [3.05, 3.63) is 34.9 Å². The molecule has 2 unspecified atom stereocenters. The fourth-order valence-electron chi connectivity index (χ4n) is 3.18. The Kier molecular flexibility index (Phi) is 5.11. The number of likely N-dealkylation sites (tertiary alicyclic amines) is 1. The van der Waals surface area contributed by atoms with E-state index in [-0.39, 0.29) is 0 Å². The van der Waals surface area contributed by atoms with E-state index in [9.17, 15) is 0 Å². The van der Waals surface area contributed by atoms with Crippen LogP contribution in [0.3, 0.4) is 0 Å². The van der Waals surface area contributed by atoms with Crippen LogP contribution in [0.4, 0.5) is 0 Å². The molecular formula is C19H32N2. The number of nitrogens with zero attached hydrogens (tertiary/aromatic N) is 1. The first kappa shape index (κ1) is 16.5. The van der Waals surface area contributed by atoms with Gasteiger partial charge in [0.15, 0.2) is 0 Å². The van der Waals surface area contributed by atoms with Crippen molar-refractivity contribution in [3.63, 3.8) is 0 Å². The van der Waals surface area contributed by atoms with Crippen LogP contribution < -0.4 is 5.32 Å². The third-order valence-electron chi connectivity index (χ3n) is 4.56. The average Bonchev–Trinajstić information content (AvgIpc) is 2.38. The number of piperidine rings is 1. The van der Waals surface area contributed by atoms with E-state index < -0.39 is 0 Å². The number of rotatable bonds is 3. The Morgan fingerprint density at radius 1 is 1.14 bits per heavy atom. The Morgan fingerprint density at radius 2 is 1.86 bits per heavy atom. The highest BCUT2D eigenvalue weighted by atomic mass is 15.1.